The highest BCUT2D eigenvalue weighted by Crippen LogP contribution is 2.26. The van der Waals surface area contributed by atoms with Crippen LogP contribution in [0, 0.1) is 11.3 Å². The highest BCUT2D eigenvalue weighted by atomic mass is 79.9. The van der Waals surface area contributed by atoms with Crippen LogP contribution < -0.4 is 5.32 Å². The first kappa shape index (κ1) is 13.9. The van der Waals surface area contributed by atoms with Crippen LogP contribution >= 0.6 is 27.5 Å². The summed E-state index contributed by atoms with van der Waals surface area (Å²) in [4.78, 5) is 0. The molecule has 0 saturated carbocycles. The molecule has 0 saturated heterocycles. The average Bonchev–Trinajstić information content (AvgIpc) is 2.39. The van der Waals surface area contributed by atoms with Gasteiger partial charge in [-0.05, 0) is 42.8 Å². The molecule has 0 aliphatic rings. The lowest BCUT2D eigenvalue weighted by Crippen LogP contribution is -2.07. The molecule has 0 heterocycles. The summed E-state index contributed by atoms with van der Waals surface area (Å²) < 4.78 is 1.03. The fourth-order valence-electron chi connectivity index (χ4n) is 1.83. The van der Waals surface area contributed by atoms with Crippen molar-refractivity contribution >= 4 is 33.2 Å². The SMILES string of the molecule is CC(Nc1cc(Cl)ccc1C#N)c1cccc(Br)c1. The number of rotatable bonds is 3. The predicted octanol–water partition coefficient (Wildman–Crippen LogP) is 5.15. The molecule has 1 N–H and O–H groups in total. The highest BCUT2D eigenvalue weighted by molar-refractivity contribution is 9.10. The van der Waals surface area contributed by atoms with Crippen LogP contribution in [-0.4, -0.2) is 0 Å². The third-order valence-electron chi connectivity index (χ3n) is 2.82. The van der Waals surface area contributed by atoms with Gasteiger partial charge in [-0.2, -0.15) is 5.26 Å². The minimum Gasteiger partial charge on any atom is -0.377 e. The lowest BCUT2D eigenvalue weighted by atomic mass is 10.1. The molecular formula is C15H12BrClN2. The minimum absolute atomic E-state index is 0.0862. The van der Waals surface area contributed by atoms with Crippen molar-refractivity contribution in [3.8, 4) is 6.07 Å². The van der Waals surface area contributed by atoms with Crippen molar-refractivity contribution in [1.29, 1.82) is 5.26 Å². The van der Waals surface area contributed by atoms with Gasteiger partial charge < -0.3 is 5.32 Å². The van der Waals surface area contributed by atoms with Gasteiger partial charge in [0.2, 0.25) is 0 Å². The molecule has 2 aromatic carbocycles. The maximum atomic E-state index is 9.10. The molecule has 0 aliphatic carbocycles. The lowest BCUT2D eigenvalue weighted by Gasteiger charge is -2.17. The van der Waals surface area contributed by atoms with Crippen molar-refractivity contribution in [2.75, 3.05) is 5.32 Å². The Labute approximate surface area is 126 Å². The van der Waals surface area contributed by atoms with Gasteiger partial charge in [0.25, 0.3) is 0 Å². The molecule has 2 rings (SSSR count). The fourth-order valence-corrected chi connectivity index (χ4v) is 2.41. The molecule has 2 nitrogen and oxygen atoms in total. The zero-order chi connectivity index (χ0) is 13.8. The van der Waals surface area contributed by atoms with Crippen LogP contribution in [0.25, 0.3) is 0 Å². The Kier molecular flexibility index (Phi) is 4.47. The molecule has 4 heteroatoms. The molecule has 0 radical (unpaired) electrons. The number of nitrogens with zero attached hydrogens (tertiary/aromatic N) is 1. The van der Waals surface area contributed by atoms with E-state index in [0.29, 0.717) is 10.6 Å². The highest BCUT2D eigenvalue weighted by Gasteiger charge is 2.09. The van der Waals surface area contributed by atoms with Crippen molar-refractivity contribution < 1.29 is 0 Å². The summed E-state index contributed by atoms with van der Waals surface area (Å²) in [6.07, 6.45) is 0. The monoisotopic (exact) mass is 334 g/mol. The van der Waals surface area contributed by atoms with Crippen LogP contribution in [0.2, 0.25) is 5.02 Å². The van der Waals surface area contributed by atoms with E-state index in [2.05, 4.69) is 27.3 Å². The first-order valence-corrected chi connectivity index (χ1v) is 6.99. The number of halogens is 2. The predicted molar refractivity (Wildman–Crippen MR) is 82.3 cm³/mol. The third kappa shape index (κ3) is 3.50. The van der Waals surface area contributed by atoms with E-state index in [9.17, 15) is 0 Å². The fraction of sp³-hybridized carbons (Fsp3) is 0.133. The average molecular weight is 336 g/mol. The van der Waals surface area contributed by atoms with E-state index >= 15 is 0 Å². The van der Waals surface area contributed by atoms with Crippen molar-refractivity contribution in [1.82, 2.24) is 0 Å². The van der Waals surface area contributed by atoms with Gasteiger partial charge in [0.15, 0.2) is 0 Å². The van der Waals surface area contributed by atoms with Crippen molar-refractivity contribution in [2.45, 2.75) is 13.0 Å². The maximum absolute atomic E-state index is 9.10. The van der Waals surface area contributed by atoms with Gasteiger partial charge >= 0.3 is 0 Å². The van der Waals surface area contributed by atoms with Gasteiger partial charge in [0, 0.05) is 15.5 Å². The molecule has 0 spiro atoms. The molecule has 0 amide bonds. The van der Waals surface area contributed by atoms with E-state index in [-0.39, 0.29) is 6.04 Å². The molecule has 1 atom stereocenters. The molecule has 96 valence electrons. The number of nitrogens with one attached hydrogen (secondary N) is 1. The summed E-state index contributed by atoms with van der Waals surface area (Å²) in [7, 11) is 0. The van der Waals surface area contributed by atoms with E-state index < -0.39 is 0 Å². The summed E-state index contributed by atoms with van der Waals surface area (Å²) in [6.45, 7) is 2.05. The van der Waals surface area contributed by atoms with Gasteiger partial charge in [0.05, 0.1) is 11.3 Å². The minimum atomic E-state index is 0.0862. The first-order chi connectivity index (χ1) is 9.10. The summed E-state index contributed by atoms with van der Waals surface area (Å²) in [6, 6.07) is 15.5. The summed E-state index contributed by atoms with van der Waals surface area (Å²) in [5, 5.41) is 13.0. The summed E-state index contributed by atoms with van der Waals surface area (Å²) >= 11 is 9.43. The Hall–Kier alpha value is -1.50. The zero-order valence-corrected chi connectivity index (χ0v) is 12.7. The second-order valence-corrected chi connectivity index (χ2v) is 5.57. The van der Waals surface area contributed by atoms with Crippen molar-refractivity contribution in [3.63, 3.8) is 0 Å². The molecule has 1 unspecified atom stereocenters. The number of benzene rings is 2. The molecular weight excluding hydrogens is 324 g/mol. The molecule has 0 aliphatic heterocycles. The van der Waals surface area contributed by atoms with Gasteiger partial charge in [-0.25, -0.2) is 0 Å². The maximum Gasteiger partial charge on any atom is 0.101 e. The van der Waals surface area contributed by atoms with Gasteiger partial charge in [0.1, 0.15) is 6.07 Å². The van der Waals surface area contributed by atoms with Crippen LogP contribution in [0.1, 0.15) is 24.1 Å². The second-order valence-electron chi connectivity index (χ2n) is 4.22. The molecule has 0 aromatic heterocycles. The topological polar surface area (TPSA) is 35.8 Å². The van der Waals surface area contributed by atoms with Gasteiger partial charge in [-0.3, -0.25) is 0 Å². The Morgan fingerprint density at radius 1 is 1.26 bits per heavy atom. The quantitative estimate of drug-likeness (QED) is 0.842. The number of nitriles is 1. The van der Waals surface area contributed by atoms with Crippen LogP contribution in [0.5, 0.6) is 0 Å². The van der Waals surface area contributed by atoms with Crippen molar-refractivity contribution in [2.24, 2.45) is 0 Å². The van der Waals surface area contributed by atoms with Gasteiger partial charge in [-0.15, -0.1) is 0 Å². The van der Waals surface area contributed by atoms with E-state index in [1.165, 1.54) is 0 Å². The third-order valence-corrected chi connectivity index (χ3v) is 3.55. The smallest absolute Gasteiger partial charge is 0.101 e. The summed E-state index contributed by atoms with van der Waals surface area (Å²) in [5.74, 6) is 0. The standard InChI is InChI=1S/C15H12BrClN2/c1-10(11-3-2-4-13(16)7-11)19-15-8-14(17)6-5-12(15)9-18/h2-8,10,19H,1H3. The van der Waals surface area contributed by atoms with E-state index in [1.807, 2.05) is 31.2 Å². The Morgan fingerprint density at radius 3 is 2.74 bits per heavy atom. The van der Waals surface area contributed by atoms with E-state index in [0.717, 1.165) is 15.7 Å². The lowest BCUT2D eigenvalue weighted by molar-refractivity contribution is 0.883. The zero-order valence-electron chi connectivity index (χ0n) is 10.3. The van der Waals surface area contributed by atoms with Crippen LogP contribution in [0.3, 0.4) is 0 Å². The molecule has 0 fully saturated rings. The molecule has 2 aromatic rings. The van der Waals surface area contributed by atoms with Gasteiger partial charge in [-0.1, -0.05) is 39.7 Å². The van der Waals surface area contributed by atoms with Crippen molar-refractivity contribution in [3.05, 3.63) is 63.1 Å². The van der Waals surface area contributed by atoms with E-state index in [4.69, 9.17) is 16.9 Å². The molecule has 19 heavy (non-hydrogen) atoms. The molecule has 0 bridgehead atoms. The second kappa shape index (κ2) is 6.10. The van der Waals surface area contributed by atoms with E-state index in [1.54, 1.807) is 18.2 Å². The largest absolute Gasteiger partial charge is 0.377 e. The summed E-state index contributed by atoms with van der Waals surface area (Å²) in [5.41, 5.74) is 2.48. The first-order valence-electron chi connectivity index (χ1n) is 5.82. The number of hydrogen-bond acceptors (Lipinski definition) is 2. The number of hydrogen-bond donors (Lipinski definition) is 1. The Balaban J connectivity index is 2.26. The van der Waals surface area contributed by atoms with Crippen LogP contribution in [-0.2, 0) is 0 Å². The van der Waals surface area contributed by atoms with Crippen LogP contribution in [0.4, 0.5) is 5.69 Å². The number of anilines is 1. The normalized spacial score (nSPS) is 11.7. The Morgan fingerprint density at radius 2 is 2.05 bits per heavy atom. The van der Waals surface area contributed by atoms with Crippen LogP contribution in [0.15, 0.2) is 46.9 Å². The Bertz CT molecular complexity index is 634.